The zero-order valence-corrected chi connectivity index (χ0v) is 15.7. The molecule has 5 nitrogen and oxygen atoms in total. The molecule has 28 heavy (non-hydrogen) atoms. The van der Waals surface area contributed by atoms with Crippen LogP contribution in [0.5, 0.6) is 0 Å². The van der Waals surface area contributed by atoms with Gasteiger partial charge >= 0.3 is 11.3 Å². The Morgan fingerprint density at radius 2 is 1.54 bits per heavy atom. The van der Waals surface area contributed by atoms with Crippen LogP contribution in [0.25, 0.3) is 43.8 Å². The fourth-order valence-electron chi connectivity index (χ4n) is 3.01. The van der Waals surface area contributed by atoms with E-state index in [9.17, 15) is 9.59 Å². The summed E-state index contributed by atoms with van der Waals surface area (Å²) in [7, 11) is 0. The van der Waals surface area contributed by atoms with Crippen LogP contribution in [0, 0.1) is 0 Å². The van der Waals surface area contributed by atoms with E-state index in [1.807, 2.05) is 12.1 Å². The number of aromatic nitrogens is 1. The molecule has 3 aromatic heterocycles. The molecule has 0 unspecified atom stereocenters. The molecule has 0 radical (unpaired) electrons. The molecule has 0 spiro atoms. The predicted molar refractivity (Wildman–Crippen MR) is 110 cm³/mol. The fourth-order valence-corrected chi connectivity index (χ4v) is 4.01. The first-order chi connectivity index (χ1) is 13.6. The Labute approximate surface area is 166 Å². The first-order valence-corrected chi connectivity index (χ1v) is 9.57. The molecule has 7 heteroatoms. The molecule has 3 heterocycles. The van der Waals surface area contributed by atoms with Gasteiger partial charge in [0.25, 0.3) is 0 Å². The second kappa shape index (κ2) is 6.44. The third kappa shape index (κ3) is 2.83. The van der Waals surface area contributed by atoms with Gasteiger partial charge in [-0.05, 0) is 36.4 Å². The quantitative estimate of drug-likeness (QED) is 0.369. The molecule has 0 bridgehead atoms. The Morgan fingerprint density at radius 1 is 0.821 bits per heavy atom. The van der Waals surface area contributed by atoms with Gasteiger partial charge in [0.15, 0.2) is 0 Å². The van der Waals surface area contributed by atoms with E-state index in [1.165, 1.54) is 11.3 Å². The van der Waals surface area contributed by atoms with Crippen molar-refractivity contribution in [3.63, 3.8) is 0 Å². The Bertz CT molecular complexity index is 1480. The largest absolute Gasteiger partial charge is 0.422 e. The molecule has 0 amide bonds. The standard InChI is InChI=1S/C21H10ClNO4S/c22-13-5-6-18-12(7-13)9-14(20(24)27-18)16-10-28-19(23-16)15-8-11-3-1-2-4-17(11)26-21(15)25/h1-10H. The van der Waals surface area contributed by atoms with E-state index in [4.69, 9.17) is 20.4 Å². The minimum absolute atomic E-state index is 0.308. The zero-order valence-electron chi connectivity index (χ0n) is 14.1. The summed E-state index contributed by atoms with van der Waals surface area (Å²) in [5.74, 6) is 0. The van der Waals surface area contributed by atoms with E-state index < -0.39 is 11.3 Å². The maximum atomic E-state index is 12.4. The first-order valence-electron chi connectivity index (χ1n) is 8.31. The van der Waals surface area contributed by atoms with Crippen molar-refractivity contribution in [3.05, 3.63) is 85.8 Å². The number of para-hydroxylation sites is 1. The lowest BCUT2D eigenvalue weighted by Gasteiger charge is -2.01. The number of fused-ring (bicyclic) bond motifs is 2. The minimum atomic E-state index is -0.503. The summed E-state index contributed by atoms with van der Waals surface area (Å²) in [6, 6.07) is 15.7. The van der Waals surface area contributed by atoms with Crippen LogP contribution in [0.3, 0.4) is 0 Å². The summed E-state index contributed by atoms with van der Waals surface area (Å²) in [5, 5.41) is 4.22. The summed E-state index contributed by atoms with van der Waals surface area (Å²) in [5.41, 5.74) is 1.08. The van der Waals surface area contributed by atoms with Gasteiger partial charge in [-0.1, -0.05) is 29.8 Å². The average Bonchev–Trinajstić information content (AvgIpc) is 3.17. The normalized spacial score (nSPS) is 11.3. The van der Waals surface area contributed by atoms with Gasteiger partial charge in [0.1, 0.15) is 16.2 Å². The van der Waals surface area contributed by atoms with Gasteiger partial charge in [-0.3, -0.25) is 0 Å². The molecule has 2 aromatic carbocycles. The molecule has 0 aliphatic heterocycles. The second-order valence-corrected chi connectivity index (χ2v) is 7.45. The molecule has 0 aliphatic carbocycles. The zero-order chi connectivity index (χ0) is 19.3. The molecular formula is C21H10ClNO4S. The fraction of sp³-hybridized carbons (Fsp3) is 0. The van der Waals surface area contributed by atoms with Crippen LogP contribution in [0.15, 0.2) is 78.4 Å². The van der Waals surface area contributed by atoms with Gasteiger partial charge in [0.05, 0.1) is 16.8 Å². The van der Waals surface area contributed by atoms with Crippen molar-refractivity contribution in [2.75, 3.05) is 0 Å². The van der Waals surface area contributed by atoms with Crippen LogP contribution in [-0.2, 0) is 0 Å². The van der Waals surface area contributed by atoms with Crippen LogP contribution in [-0.4, -0.2) is 4.98 Å². The molecule has 5 aromatic rings. The Kier molecular flexibility index (Phi) is 3.89. The highest BCUT2D eigenvalue weighted by atomic mass is 35.5. The summed E-state index contributed by atoms with van der Waals surface area (Å²) in [6.07, 6.45) is 0. The molecule has 0 saturated carbocycles. The molecule has 136 valence electrons. The van der Waals surface area contributed by atoms with E-state index in [0.717, 1.165) is 5.39 Å². The number of thiazole rings is 1. The monoisotopic (exact) mass is 407 g/mol. The van der Waals surface area contributed by atoms with Crippen LogP contribution in [0.1, 0.15) is 0 Å². The van der Waals surface area contributed by atoms with Crippen molar-refractivity contribution >= 4 is 44.9 Å². The third-order valence-electron chi connectivity index (χ3n) is 4.35. The molecule has 5 rings (SSSR count). The Balaban J connectivity index is 1.65. The number of nitrogens with zero attached hydrogens (tertiary/aromatic N) is 1. The molecule has 0 aliphatic rings. The highest BCUT2D eigenvalue weighted by Gasteiger charge is 2.15. The van der Waals surface area contributed by atoms with Gasteiger partial charge < -0.3 is 8.83 Å². The van der Waals surface area contributed by atoms with Crippen molar-refractivity contribution < 1.29 is 8.83 Å². The molecular weight excluding hydrogens is 398 g/mol. The van der Waals surface area contributed by atoms with Crippen molar-refractivity contribution in [2.45, 2.75) is 0 Å². The SMILES string of the molecule is O=c1oc2ccc(Cl)cc2cc1-c1csc(-c2cc3ccccc3oc2=O)n1. The number of hydrogen-bond acceptors (Lipinski definition) is 6. The summed E-state index contributed by atoms with van der Waals surface area (Å²) < 4.78 is 10.7. The highest BCUT2D eigenvalue weighted by molar-refractivity contribution is 7.13. The van der Waals surface area contributed by atoms with Gasteiger partial charge in [0, 0.05) is 21.2 Å². The van der Waals surface area contributed by atoms with Gasteiger partial charge in [-0.2, -0.15) is 0 Å². The average molecular weight is 408 g/mol. The van der Waals surface area contributed by atoms with E-state index in [-0.39, 0.29) is 0 Å². The van der Waals surface area contributed by atoms with E-state index in [0.29, 0.717) is 43.4 Å². The van der Waals surface area contributed by atoms with Crippen LogP contribution < -0.4 is 11.3 Å². The summed E-state index contributed by atoms with van der Waals surface area (Å²) in [4.78, 5) is 29.2. The Morgan fingerprint density at radius 3 is 2.39 bits per heavy atom. The second-order valence-electron chi connectivity index (χ2n) is 6.15. The third-order valence-corrected chi connectivity index (χ3v) is 5.46. The molecule has 0 atom stereocenters. The lowest BCUT2D eigenvalue weighted by molar-refractivity contribution is 0.563. The van der Waals surface area contributed by atoms with Gasteiger partial charge in [0.2, 0.25) is 0 Å². The van der Waals surface area contributed by atoms with Crippen LogP contribution in [0.4, 0.5) is 0 Å². The lowest BCUT2D eigenvalue weighted by Crippen LogP contribution is -2.04. The number of benzene rings is 2. The van der Waals surface area contributed by atoms with E-state index in [2.05, 4.69) is 4.98 Å². The van der Waals surface area contributed by atoms with E-state index in [1.54, 1.807) is 47.8 Å². The summed E-state index contributed by atoms with van der Waals surface area (Å²) in [6.45, 7) is 0. The van der Waals surface area contributed by atoms with Crippen molar-refractivity contribution in [3.8, 4) is 21.8 Å². The molecule has 0 fully saturated rings. The number of hydrogen-bond donors (Lipinski definition) is 0. The maximum absolute atomic E-state index is 12.4. The predicted octanol–water partition coefficient (Wildman–Crippen LogP) is 5.34. The maximum Gasteiger partial charge on any atom is 0.346 e. The highest BCUT2D eigenvalue weighted by Crippen LogP contribution is 2.29. The first kappa shape index (κ1) is 16.9. The van der Waals surface area contributed by atoms with Gasteiger partial charge in [-0.25, -0.2) is 14.6 Å². The minimum Gasteiger partial charge on any atom is -0.422 e. The van der Waals surface area contributed by atoms with Crippen molar-refractivity contribution in [1.82, 2.24) is 4.98 Å². The topological polar surface area (TPSA) is 73.3 Å². The smallest absolute Gasteiger partial charge is 0.346 e. The van der Waals surface area contributed by atoms with Gasteiger partial charge in [-0.15, -0.1) is 11.3 Å². The van der Waals surface area contributed by atoms with Crippen molar-refractivity contribution in [1.29, 1.82) is 0 Å². The molecule has 0 saturated heterocycles. The molecule has 0 N–H and O–H groups in total. The van der Waals surface area contributed by atoms with Crippen LogP contribution >= 0.6 is 22.9 Å². The lowest BCUT2D eigenvalue weighted by atomic mass is 10.1. The summed E-state index contributed by atoms with van der Waals surface area (Å²) >= 11 is 7.29. The Hall–Kier alpha value is -3.22. The number of halogens is 1. The van der Waals surface area contributed by atoms with E-state index >= 15 is 0 Å². The number of rotatable bonds is 2. The van der Waals surface area contributed by atoms with Crippen LogP contribution in [0.2, 0.25) is 5.02 Å². The van der Waals surface area contributed by atoms with Crippen molar-refractivity contribution in [2.24, 2.45) is 0 Å².